The maximum absolute atomic E-state index is 13.4. The van der Waals surface area contributed by atoms with Crippen molar-refractivity contribution < 1.29 is 4.79 Å². The van der Waals surface area contributed by atoms with Crippen LogP contribution in [0.5, 0.6) is 0 Å². The van der Waals surface area contributed by atoms with Gasteiger partial charge in [-0.25, -0.2) is 5.01 Å². The Labute approximate surface area is 196 Å². The van der Waals surface area contributed by atoms with Crippen LogP contribution in [0.4, 0.5) is 0 Å². The smallest absolute Gasteiger partial charge is 0.257 e. The molecular weight excluding hydrogens is 406 g/mol. The summed E-state index contributed by atoms with van der Waals surface area (Å²) in [5.41, 5.74) is 4.63. The first-order valence-corrected chi connectivity index (χ1v) is 12.0. The summed E-state index contributed by atoms with van der Waals surface area (Å²) >= 11 is 0. The summed E-state index contributed by atoms with van der Waals surface area (Å²) in [5.74, 6) is 0.793. The molecule has 0 bridgehead atoms. The fourth-order valence-corrected chi connectivity index (χ4v) is 5.04. The molecule has 1 fully saturated rings. The fraction of sp³-hybridized carbons (Fsp3) is 0.310. The predicted molar refractivity (Wildman–Crippen MR) is 133 cm³/mol. The normalized spacial score (nSPS) is 19.5. The third kappa shape index (κ3) is 5.23. The number of piperidine rings is 1. The summed E-state index contributed by atoms with van der Waals surface area (Å²) in [6, 6.07) is 31.2. The molecule has 168 valence electrons. The zero-order chi connectivity index (χ0) is 22.5. The first kappa shape index (κ1) is 21.6. The Morgan fingerprint density at radius 2 is 1.42 bits per heavy atom. The topological polar surface area (TPSA) is 35.9 Å². The van der Waals surface area contributed by atoms with E-state index in [2.05, 4.69) is 59.5 Å². The van der Waals surface area contributed by atoms with Gasteiger partial charge in [0.1, 0.15) is 0 Å². The number of carbonyl (C=O) groups excluding carboxylic acids is 1. The number of hydrazone groups is 1. The summed E-state index contributed by atoms with van der Waals surface area (Å²) < 4.78 is 0. The van der Waals surface area contributed by atoms with Gasteiger partial charge in [0.15, 0.2) is 0 Å². The van der Waals surface area contributed by atoms with Crippen molar-refractivity contribution in [2.75, 3.05) is 19.6 Å². The van der Waals surface area contributed by atoms with Crippen LogP contribution in [-0.2, 0) is 11.2 Å². The number of hydrogen-bond acceptors (Lipinski definition) is 3. The van der Waals surface area contributed by atoms with E-state index in [-0.39, 0.29) is 11.9 Å². The Morgan fingerprint density at radius 3 is 2.09 bits per heavy atom. The van der Waals surface area contributed by atoms with E-state index >= 15 is 0 Å². The fourth-order valence-electron chi connectivity index (χ4n) is 5.04. The lowest BCUT2D eigenvalue weighted by Crippen LogP contribution is -2.42. The van der Waals surface area contributed by atoms with Crippen LogP contribution in [0, 0.1) is 5.92 Å². The van der Waals surface area contributed by atoms with Crippen LogP contribution >= 0.6 is 0 Å². The van der Waals surface area contributed by atoms with E-state index in [0.29, 0.717) is 12.5 Å². The highest BCUT2D eigenvalue weighted by atomic mass is 16.2. The zero-order valence-corrected chi connectivity index (χ0v) is 19.0. The molecular formula is C29H31N3O. The Balaban J connectivity index is 1.24. The summed E-state index contributed by atoms with van der Waals surface area (Å²) in [6.45, 7) is 2.39. The second kappa shape index (κ2) is 10.1. The molecule has 0 aromatic heterocycles. The van der Waals surface area contributed by atoms with Gasteiger partial charge >= 0.3 is 0 Å². The van der Waals surface area contributed by atoms with Crippen LogP contribution in [0.2, 0.25) is 0 Å². The van der Waals surface area contributed by atoms with Gasteiger partial charge in [0.05, 0.1) is 18.3 Å². The molecule has 2 aliphatic heterocycles. The van der Waals surface area contributed by atoms with Gasteiger partial charge in [0.2, 0.25) is 0 Å². The molecule has 1 amide bonds. The van der Waals surface area contributed by atoms with Crippen LogP contribution < -0.4 is 0 Å². The number of hydrogen-bond donors (Lipinski definition) is 0. The van der Waals surface area contributed by atoms with E-state index in [1.807, 2.05) is 36.4 Å². The molecule has 0 aliphatic carbocycles. The minimum Gasteiger partial charge on any atom is -0.294 e. The van der Waals surface area contributed by atoms with Gasteiger partial charge in [0.25, 0.3) is 5.91 Å². The molecule has 2 aliphatic rings. The monoisotopic (exact) mass is 437 g/mol. The average molecular weight is 438 g/mol. The molecule has 4 nitrogen and oxygen atoms in total. The SMILES string of the molecule is O=C(CN1CCC(Cc2ccccc2)CC1)N1N=C(c2ccccc2)CC1c1ccccc1. The van der Waals surface area contributed by atoms with Crippen molar-refractivity contribution in [1.82, 2.24) is 9.91 Å². The van der Waals surface area contributed by atoms with Crippen molar-refractivity contribution in [2.45, 2.75) is 31.7 Å². The Morgan fingerprint density at radius 1 is 0.818 bits per heavy atom. The largest absolute Gasteiger partial charge is 0.294 e. The van der Waals surface area contributed by atoms with Gasteiger partial charge in [-0.05, 0) is 55.0 Å². The van der Waals surface area contributed by atoms with Gasteiger partial charge in [0, 0.05) is 6.42 Å². The van der Waals surface area contributed by atoms with Crippen LogP contribution in [0.25, 0.3) is 0 Å². The summed E-state index contributed by atoms with van der Waals surface area (Å²) in [4.78, 5) is 15.7. The van der Waals surface area contributed by atoms with E-state index in [1.54, 1.807) is 5.01 Å². The van der Waals surface area contributed by atoms with Gasteiger partial charge in [-0.2, -0.15) is 5.10 Å². The average Bonchev–Trinajstić information content (AvgIpc) is 3.33. The number of nitrogens with zero attached hydrogens (tertiary/aromatic N) is 3. The third-order valence-corrected chi connectivity index (χ3v) is 6.89. The highest BCUT2D eigenvalue weighted by Crippen LogP contribution is 2.33. The Bertz CT molecular complexity index is 1070. The molecule has 3 aromatic carbocycles. The maximum Gasteiger partial charge on any atom is 0.257 e. The molecule has 0 spiro atoms. The van der Waals surface area contributed by atoms with Crippen molar-refractivity contribution in [3.05, 3.63) is 108 Å². The van der Waals surface area contributed by atoms with Crippen LogP contribution in [0.1, 0.15) is 42.0 Å². The first-order chi connectivity index (χ1) is 16.3. The number of rotatable bonds is 6. The molecule has 4 heteroatoms. The van der Waals surface area contributed by atoms with Gasteiger partial charge in [-0.15, -0.1) is 0 Å². The lowest BCUT2D eigenvalue weighted by Gasteiger charge is -2.33. The number of benzene rings is 3. The summed E-state index contributed by atoms with van der Waals surface area (Å²) in [7, 11) is 0. The van der Waals surface area contributed by atoms with E-state index in [9.17, 15) is 4.79 Å². The second-order valence-corrected chi connectivity index (χ2v) is 9.19. The highest BCUT2D eigenvalue weighted by molar-refractivity contribution is 6.03. The van der Waals surface area contributed by atoms with E-state index in [1.165, 1.54) is 5.56 Å². The predicted octanol–water partition coefficient (Wildman–Crippen LogP) is 5.32. The van der Waals surface area contributed by atoms with Crippen molar-refractivity contribution in [3.63, 3.8) is 0 Å². The minimum atomic E-state index is -0.0375. The van der Waals surface area contributed by atoms with E-state index < -0.39 is 0 Å². The quantitative estimate of drug-likeness (QED) is 0.523. The molecule has 1 atom stereocenters. The molecule has 0 N–H and O–H groups in total. The van der Waals surface area contributed by atoms with Crippen molar-refractivity contribution >= 4 is 11.6 Å². The molecule has 1 unspecified atom stereocenters. The van der Waals surface area contributed by atoms with Gasteiger partial charge in [-0.1, -0.05) is 91.0 Å². The highest BCUT2D eigenvalue weighted by Gasteiger charge is 2.34. The third-order valence-electron chi connectivity index (χ3n) is 6.89. The van der Waals surface area contributed by atoms with Crippen LogP contribution in [0.3, 0.4) is 0 Å². The number of amides is 1. The summed E-state index contributed by atoms with van der Waals surface area (Å²) in [5, 5.41) is 6.57. The molecule has 5 rings (SSSR count). The van der Waals surface area contributed by atoms with Crippen molar-refractivity contribution in [1.29, 1.82) is 0 Å². The molecule has 2 heterocycles. The maximum atomic E-state index is 13.4. The van der Waals surface area contributed by atoms with Crippen molar-refractivity contribution in [2.24, 2.45) is 11.0 Å². The van der Waals surface area contributed by atoms with Crippen molar-refractivity contribution in [3.8, 4) is 0 Å². The standard InChI is InChI=1S/C29H31N3O/c33-29(22-31-18-16-24(17-19-31)20-23-10-4-1-5-11-23)32-28(26-14-8-3-9-15-26)21-27(30-32)25-12-6-2-7-13-25/h1-15,24,28H,16-22H2. The lowest BCUT2D eigenvalue weighted by molar-refractivity contribution is -0.134. The molecule has 33 heavy (non-hydrogen) atoms. The lowest BCUT2D eigenvalue weighted by atomic mass is 9.90. The Kier molecular flexibility index (Phi) is 6.63. The minimum absolute atomic E-state index is 0.0375. The molecule has 1 saturated heterocycles. The number of likely N-dealkylation sites (tertiary alicyclic amines) is 1. The molecule has 0 saturated carbocycles. The van der Waals surface area contributed by atoms with Gasteiger partial charge in [-0.3, -0.25) is 9.69 Å². The van der Waals surface area contributed by atoms with Gasteiger partial charge < -0.3 is 0 Å². The van der Waals surface area contributed by atoms with Crippen LogP contribution in [-0.4, -0.2) is 41.2 Å². The van der Waals surface area contributed by atoms with E-state index in [0.717, 1.165) is 55.6 Å². The Hall–Kier alpha value is -3.24. The zero-order valence-electron chi connectivity index (χ0n) is 19.0. The molecule has 0 radical (unpaired) electrons. The summed E-state index contributed by atoms with van der Waals surface area (Å²) in [6.07, 6.45) is 4.17. The molecule has 3 aromatic rings. The van der Waals surface area contributed by atoms with E-state index in [4.69, 9.17) is 5.10 Å². The second-order valence-electron chi connectivity index (χ2n) is 9.19. The van der Waals surface area contributed by atoms with Crippen LogP contribution in [0.15, 0.2) is 96.1 Å². The number of carbonyl (C=O) groups is 1. The first-order valence-electron chi connectivity index (χ1n) is 12.0.